The number of hydrogen-bond acceptors (Lipinski definition) is 5. The van der Waals surface area contributed by atoms with Gasteiger partial charge in [-0.15, -0.1) is 0 Å². The third-order valence-electron chi connectivity index (χ3n) is 5.12. The summed E-state index contributed by atoms with van der Waals surface area (Å²) in [5, 5.41) is 20.2. The molecule has 1 aliphatic heterocycles. The average molecular weight is 397 g/mol. The molecule has 0 aliphatic carbocycles. The van der Waals surface area contributed by atoms with Crippen LogP contribution in [0.4, 0.5) is 0 Å². The summed E-state index contributed by atoms with van der Waals surface area (Å²) in [4.78, 5) is 15.8. The quantitative estimate of drug-likeness (QED) is 0.482. The van der Waals surface area contributed by atoms with E-state index in [4.69, 9.17) is 9.47 Å². The van der Waals surface area contributed by atoms with Gasteiger partial charge in [-0.05, 0) is 62.3 Å². The maximum atomic E-state index is 11.7. The second-order valence-corrected chi connectivity index (χ2v) is 7.17. The van der Waals surface area contributed by atoms with Crippen molar-refractivity contribution in [2.24, 2.45) is 0 Å². The standard InChI is InChI=1S/C23H27NO5/c1-28-22-19-10-6-12-29-20(19)14-18(21(22)25)13-17(23(26)27)9-4-2-3-7-16-8-5-11-24-15-16/h5,8,11,13-15,25H,2-4,6-7,9-10,12H2,1H3,(H,26,27)/b17-13+. The lowest BCUT2D eigenvalue weighted by Gasteiger charge is -2.21. The summed E-state index contributed by atoms with van der Waals surface area (Å²) in [6.07, 6.45) is 10.8. The molecule has 0 radical (unpaired) electrons. The number of benzene rings is 1. The molecule has 0 saturated heterocycles. The molecule has 6 heteroatoms. The maximum Gasteiger partial charge on any atom is 0.331 e. The van der Waals surface area contributed by atoms with Gasteiger partial charge in [-0.1, -0.05) is 12.5 Å². The van der Waals surface area contributed by atoms with E-state index in [0.29, 0.717) is 30.1 Å². The number of phenols is 1. The fraction of sp³-hybridized carbons (Fsp3) is 0.391. The van der Waals surface area contributed by atoms with Crippen molar-refractivity contribution in [1.29, 1.82) is 0 Å². The predicted molar refractivity (Wildman–Crippen MR) is 110 cm³/mol. The van der Waals surface area contributed by atoms with E-state index < -0.39 is 5.97 Å². The third kappa shape index (κ3) is 5.28. The van der Waals surface area contributed by atoms with Crippen LogP contribution in [-0.2, 0) is 17.6 Å². The summed E-state index contributed by atoms with van der Waals surface area (Å²) in [7, 11) is 1.50. The first kappa shape index (κ1) is 20.7. The van der Waals surface area contributed by atoms with Crippen molar-refractivity contribution >= 4 is 12.0 Å². The highest BCUT2D eigenvalue weighted by molar-refractivity contribution is 5.93. The van der Waals surface area contributed by atoms with Crippen molar-refractivity contribution in [2.75, 3.05) is 13.7 Å². The Hall–Kier alpha value is -3.02. The van der Waals surface area contributed by atoms with E-state index in [0.717, 1.165) is 44.1 Å². The van der Waals surface area contributed by atoms with Gasteiger partial charge >= 0.3 is 5.97 Å². The number of nitrogens with zero attached hydrogens (tertiary/aromatic N) is 1. The molecule has 154 valence electrons. The van der Waals surface area contributed by atoms with Crippen molar-refractivity contribution in [2.45, 2.75) is 44.9 Å². The zero-order valence-corrected chi connectivity index (χ0v) is 16.7. The van der Waals surface area contributed by atoms with Crippen LogP contribution in [0.1, 0.15) is 48.8 Å². The number of carboxylic acid groups (broad SMARTS) is 1. The monoisotopic (exact) mass is 397 g/mol. The van der Waals surface area contributed by atoms with Crippen LogP contribution >= 0.6 is 0 Å². The number of fused-ring (bicyclic) bond motifs is 1. The zero-order chi connectivity index (χ0) is 20.6. The van der Waals surface area contributed by atoms with Crippen LogP contribution in [-0.4, -0.2) is 34.9 Å². The van der Waals surface area contributed by atoms with Crippen molar-refractivity contribution in [3.05, 3.63) is 52.9 Å². The topological polar surface area (TPSA) is 88.9 Å². The minimum absolute atomic E-state index is 0.0351. The molecule has 0 atom stereocenters. The second-order valence-electron chi connectivity index (χ2n) is 7.17. The molecular weight excluding hydrogens is 370 g/mol. The molecular formula is C23H27NO5. The zero-order valence-electron chi connectivity index (χ0n) is 16.7. The number of pyridine rings is 1. The lowest BCUT2D eigenvalue weighted by molar-refractivity contribution is -0.132. The van der Waals surface area contributed by atoms with Gasteiger partial charge in [0.15, 0.2) is 11.5 Å². The summed E-state index contributed by atoms with van der Waals surface area (Å²) in [5.41, 5.74) is 2.70. The summed E-state index contributed by atoms with van der Waals surface area (Å²) in [5.74, 6) is 0.00867. The first-order valence-corrected chi connectivity index (χ1v) is 9.98. The Labute approximate surface area is 170 Å². The number of aryl methyl sites for hydroxylation is 1. The van der Waals surface area contributed by atoms with Gasteiger partial charge in [0, 0.05) is 29.1 Å². The van der Waals surface area contributed by atoms with Gasteiger partial charge in [0.1, 0.15) is 5.75 Å². The molecule has 2 heterocycles. The van der Waals surface area contributed by atoms with Crippen molar-refractivity contribution in [1.82, 2.24) is 4.98 Å². The number of methoxy groups -OCH3 is 1. The molecule has 0 fully saturated rings. The number of aromatic hydroxyl groups is 1. The normalized spacial score (nSPS) is 13.5. The van der Waals surface area contributed by atoms with Gasteiger partial charge < -0.3 is 19.7 Å². The molecule has 0 spiro atoms. The van der Waals surface area contributed by atoms with E-state index in [1.54, 1.807) is 12.3 Å². The van der Waals surface area contributed by atoms with Gasteiger partial charge in [0.05, 0.1) is 13.7 Å². The second kappa shape index (κ2) is 9.96. The number of carbonyl (C=O) groups is 1. The van der Waals surface area contributed by atoms with E-state index >= 15 is 0 Å². The van der Waals surface area contributed by atoms with E-state index in [9.17, 15) is 15.0 Å². The number of aliphatic carboxylic acids is 1. The van der Waals surface area contributed by atoms with Crippen LogP contribution < -0.4 is 9.47 Å². The summed E-state index contributed by atoms with van der Waals surface area (Å²) >= 11 is 0. The Morgan fingerprint density at radius 1 is 1.34 bits per heavy atom. The number of hydrogen-bond donors (Lipinski definition) is 2. The van der Waals surface area contributed by atoms with Crippen LogP contribution in [0.25, 0.3) is 6.08 Å². The van der Waals surface area contributed by atoms with Gasteiger partial charge in [-0.3, -0.25) is 4.98 Å². The highest BCUT2D eigenvalue weighted by Gasteiger charge is 2.22. The molecule has 1 aromatic carbocycles. The van der Waals surface area contributed by atoms with Crippen molar-refractivity contribution in [3.8, 4) is 17.2 Å². The lowest BCUT2D eigenvalue weighted by atomic mass is 9.98. The number of carboxylic acids is 1. The fourth-order valence-electron chi connectivity index (χ4n) is 3.61. The summed E-state index contributed by atoms with van der Waals surface area (Å²) in [6, 6.07) is 5.67. The average Bonchev–Trinajstić information content (AvgIpc) is 2.73. The number of aromatic nitrogens is 1. The molecule has 29 heavy (non-hydrogen) atoms. The maximum absolute atomic E-state index is 11.7. The highest BCUT2D eigenvalue weighted by Crippen LogP contribution is 2.43. The largest absolute Gasteiger partial charge is 0.504 e. The number of unbranched alkanes of at least 4 members (excludes halogenated alkanes) is 2. The van der Waals surface area contributed by atoms with Crippen LogP contribution in [0.5, 0.6) is 17.2 Å². The number of ether oxygens (including phenoxy) is 2. The Morgan fingerprint density at radius 2 is 2.21 bits per heavy atom. The van der Waals surface area contributed by atoms with Crippen LogP contribution in [0.15, 0.2) is 36.2 Å². The smallest absolute Gasteiger partial charge is 0.331 e. The summed E-state index contributed by atoms with van der Waals surface area (Å²) < 4.78 is 11.1. The number of rotatable bonds is 9. The van der Waals surface area contributed by atoms with E-state index in [2.05, 4.69) is 4.98 Å². The Bertz CT molecular complexity index is 877. The van der Waals surface area contributed by atoms with E-state index in [1.807, 2.05) is 18.3 Å². The Morgan fingerprint density at radius 3 is 2.93 bits per heavy atom. The number of phenolic OH excluding ortho intramolecular Hbond substituents is 1. The first-order valence-electron chi connectivity index (χ1n) is 9.98. The Kier molecular flexibility index (Phi) is 7.11. The molecule has 0 amide bonds. The molecule has 2 aromatic rings. The molecule has 0 saturated carbocycles. The molecule has 1 aromatic heterocycles. The molecule has 6 nitrogen and oxygen atoms in total. The lowest BCUT2D eigenvalue weighted by Crippen LogP contribution is -2.10. The van der Waals surface area contributed by atoms with Gasteiger partial charge in [0.25, 0.3) is 0 Å². The van der Waals surface area contributed by atoms with Crippen LogP contribution in [0.2, 0.25) is 0 Å². The van der Waals surface area contributed by atoms with Gasteiger partial charge in [-0.2, -0.15) is 0 Å². The fourth-order valence-corrected chi connectivity index (χ4v) is 3.61. The third-order valence-corrected chi connectivity index (χ3v) is 5.12. The van der Waals surface area contributed by atoms with Crippen LogP contribution in [0, 0.1) is 0 Å². The van der Waals surface area contributed by atoms with Gasteiger partial charge in [-0.25, -0.2) is 4.79 Å². The Balaban J connectivity index is 1.68. The minimum atomic E-state index is -0.978. The van der Waals surface area contributed by atoms with E-state index in [-0.39, 0.29) is 11.3 Å². The molecule has 0 bridgehead atoms. The minimum Gasteiger partial charge on any atom is -0.504 e. The van der Waals surface area contributed by atoms with E-state index in [1.165, 1.54) is 18.7 Å². The molecule has 3 rings (SSSR count). The highest BCUT2D eigenvalue weighted by atomic mass is 16.5. The summed E-state index contributed by atoms with van der Waals surface area (Å²) in [6.45, 7) is 0.604. The van der Waals surface area contributed by atoms with Crippen molar-refractivity contribution < 1.29 is 24.5 Å². The molecule has 1 aliphatic rings. The van der Waals surface area contributed by atoms with Crippen LogP contribution in [0.3, 0.4) is 0 Å². The predicted octanol–water partition coefficient (Wildman–Crippen LogP) is 4.39. The SMILES string of the molecule is COc1c(O)c(/C=C(\CCCCCc2cccnc2)C(=O)O)cc2c1CCCO2. The molecule has 2 N–H and O–H groups in total. The molecule has 0 unspecified atom stereocenters. The van der Waals surface area contributed by atoms with Gasteiger partial charge in [0.2, 0.25) is 0 Å². The van der Waals surface area contributed by atoms with Crippen molar-refractivity contribution in [3.63, 3.8) is 0 Å². The first-order chi connectivity index (χ1) is 14.1.